The van der Waals surface area contributed by atoms with Crippen molar-refractivity contribution in [2.45, 2.75) is 38.6 Å². The largest absolute Gasteiger partial charge is 0.469 e. The van der Waals surface area contributed by atoms with Gasteiger partial charge in [-0.1, -0.05) is 25.0 Å². The Morgan fingerprint density at radius 1 is 1.04 bits per heavy atom. The van der Waals surface area contributed by atoms with Crippen LogP contribution in [0.4, 0.5) is 0 Å². The normalized spacial score (nSPS) is 11.0. The number of ether oxygens (including phenoxy) is 1. The number of carbonyl (C=O) groups is 2. The first kappa shape index (κ1) is 22.5. The lowest BCUT2D eigenvalue weighted by molar-refractivity contribution is -0.140. The first-order valence-electron chi connectivity index (χ1n) is 9.30. The van der Waals surface area contributed by atoms with Gasteiger partial charge in [-0.15, -0.1) is 0 Å². The Bertz CT molecular complexity index is 612. The molecule has 2 N–H and O–H groups in total. The Kier molecular flexibility index (Phi) is 10.6. The van der Waals surface area contributed by atoms with E-state index >= 15 is 0 Å². The molecule has 7 nitrogen and oxygen atoms in total. The van der Waals surface area contributed by atoms with Gasteiger partial charge in [-0.2, -0.15) is 0 Å². The molecular weight excluding hydrogens is 344 g/mol. The molecule has 1 amide bonds. The van der Waals surface area contributed by atoms with Crippen LogP contribution in [0.5, 0.6) is 0 Å². The van der Waals surface area contributed by atoms with E-state index in [4.69, 9.17) is 0 Å². The molecular formula is C20H32N4O3. The second-order valence-electron chi connectivity index (χ2n) is 6.49. The number of guanidine groups is 1. The number of nitrogens with zero attached hydrogens (tertiary/aromatic N) is 2. The van der Waals surface area contributed by atoms with E-state index in [1.54, 1.807) is 26.0 Å². The Labute approximate surface area is 162 Å². The number of rotatable bonds is 10. The molecule has 0 aromatic heterocycles. The minimum atomic E-state index is -0.142. The minimum Gasteiger partial charge on any atom is -0.469 e. The highest BCUT2D eigenvalue weighted by molar-refractivity contribution is 5.93. The van der Waals surface area contributed by atoms with Gasteiger partial charge in [0.2, 0.25) is 0 Å². The van der Waals surface area contributed by atoms with Crippen molar-refractivity contribution in [3.63, 3.8) is 0 Å². The van der Waals surface area contributed by atoms with Crippen molar-refractivity contribution < 1.29 is 14.3 Å². The third kappa shape index (κ3) is 9.08. The van der Waals surface area contributed by atoms with Crippen molar-refractivity contribution in [1.82, 2.24) is 15.5 Å². The zero-order valence-electron chi connectivity index (χ0n) is 16.9. The highest BCUT2D eigenvalue weighted by Gasteiger charge is 2.07. The third-order valence-electron chi connectivity index (χ3n) is 4.12. The van der Waals surface area contributed by atoms with Gasteiger partial charge >= 0.3 is 5.97 Å². The molecule has 7 heteroatoms. The van der Waals surface area contributed by atoms with Crippen LogP contribution in [-0.4, -0.2) is 57.5 Å². The highest BCUT2D eigenvalue weighted by Crippen LogP contribution is 2.06. The summed E-state index contributed by atoms with van der Waals surface area (Å²) < 4.78 is 4.62. The zero-order chi connectivity index (χ0) is 20.1. The fourth-order valence-corrected chi connectivity index (χ4v) is 2.49. The topological polar surface area (TPSA) is 83.0 Å². The Balaban J connectivity index is 2.24. The van der Waals surface area contributed by atoms with Crippen LogP contribution in [0.3, 0.4) is 0 Å². The summed E-state index contributed by atoms with van der Waals surface area (Å²) in [5, 5.41) is 6.55. The van der Waals surface area contributed by atoms with Gasteiger partial charge in [-0.3, -0.25) is 14.6 Å². The number of unbranched alkanes of at least 4 members (excludes halogenated alkanes) is 3. The maximum Gasteiger partial charge on any atom is 0.305 e. The maximum atomic E-state index is 11.9. The van der Waals surface area contributed by atoms with Gasteiger partial charge in [0, 0.05) is 46.2 Å². The number of benzene rings is 1. The van der Waals surface area contributed by atoms with E-state index in [1.807, 2.05) is 24.3 Å². The van der Waals surface area contributed by atoms with E-state index in [9.17, 15) is 9.59 Å². The predicted octanol–water partition coefficient (Wildman–Crippen LogP) is 2.18. The molecule has 1 rings (SSSR count). The Morgan fingerprint density at radius 3 is 2.30 bits per heavy atom. The first-order valence-corrected chi connectivity index (χ1v) is 9.30. The van der Waals surface area contributed by atoms with Gasteiger partial charge in [0.05, 0.1) is 7.11 Å². The third-order valence-corrected chi connectivity index (χ3v) is 4.12. The molecule has 0 fully saturated rings. The average Bonchev–Trinajstić information content (AvgIpc) is 2.68. The van der Waals surface area contributed by atoms with Crippen LogP contribution in [0.15, 0.2) is 29.3 Å². The van der Waals surface area contributed by atoms with Gasteiger partial charge in [-0.25, -0.2) is 0 Å². The summed E-state index contributed by atoms with van der Waals surface area (Å²) in [4.78, 5) is 28.7. The summed E-state index contributed by atoms with van der Waals surface area (Å²) in [5.41, 5.74) is 1.76. The van der Waals surface area contributed by atoms with Gasteiger partial charge in [-0.05, 0) is 30.5 Å². The quantitative estimate of drug-likeness (QED) is 0.283. The highest BCUT2D eigenvalue weighted by atomic mass is 16.5. The number of esters is 1. The number of carbonyl (C=O) groups excluding carboxylic acids is 2. The van der Waals surface area contributed by atoms with E-state index in [0.29, 0.717) is 18.5 Å². The molecule has 0 heterocycles. The van der Waals surface area contributed by atoms with E-state index < -0.39 is 0 Å². The smallest absolute Gasteiger partial charge is 0.305 e. The van der Waals surface area contributed by atoms with Crippen LogP contribution in [-0.2, 0) is 16.1 Å². The van der Waals surface area contributed by atoms with E-state index in [-0.39, 0.29) is 11.9 Å². The summed E-state index contributed by atoms with van der Waals surface area (Å²) in [5.74, 6) is 0.605. The molecule has 27 heavy (non-hydrogen) atoms. The predicted molar refractivity (Wildman–Crippen MR) is 108 cm³/mol. The molecule has 0 aliphatic heterocycles. The molecule has 0 radical (unpaired) electrons. The number of nitrogens with one attached hydrogen (secondary N) is 2. The monoisotopic (exact) mass is 376 g/mol. The molecule has 0 saturated heterocycles. The molecule has 1 aromatic carbocycles. The lowest BCUT2D eigenvalue weighted by Crippen LogP contribution is -2.37. The van der Waals surface area contributed by atoms with E-state index in [1.165, 1.54) is 7.11 Å². The first-order chi connectivity index (χ1) is 13.0. The number of hydrogen-bond acceptors (Lipinski definition) is 4. The van der Waals surface area contributed by atoms with Gasteiger partial charge < -0.3 is 20.3 Å². The Morgan fingerprint density at radius 2 is 1.70 bits per heavy atom. The van der Waals surface area contributed by atoms with Crippen LogP contribution < -0.4 is 10.6 Å². The van der Waals surface area contributed by atoms with Crippen LogP contribution in [0, 0.1) is 0 Å². The van der Waals surface area contributed by atoms with E-state index in [2.05, 4.69) is 20.4 Å². The second kappa shape index (κ2) is 12.7. The fraction of sp³-hybridized carbons (Fsp3) is 0.550. The molecule has 0 saturated carbocycles. The number of aliphatic imine (C=N–C) groups is 1. The standard InChI is InChI=1S/C20H32N4O3/c1-21-20(22-14-8-6-5-7-9-18(25)27-4)23-15-16-10-12-17(13-11-16)19(26)24(2)3/h10-13H,5-9,14-15H2,1-4H3,(H2,21,22,23). The number of methoxy groups -OCH3 is 1. The van der Waals surface area contributed by atoms with Crippen molar-refractivity contribution >= 4 is 17.8 Å². The van der Waals surface area contributed by atoms with Crippen molar-refractivity contribution in [3.05, 3.63) is 35.4 Å². The Hall–Kier alpha value is -2.57. The van der Waals surface area contributed by atoms with Crippen molar-refractivity contribution in [1.29, 1.82) is 0 Å². The van der Waals surface area contributed by atoms with Crippen molar-refractivity contribution in [3.8, 4) is 0 Å². The van der Waals surface area contributed by atoms with Gasteiger partial charge in [0.1, 0.15) is 0 Å². The fourth-order valence-electron chi connectivity index (χ4n) is 2.49. The molecule has 1 aromatic rings. The van der Waals surface area contributed by atoms with Crippen LogP contribution in [0.2, 0.25) is 0 Å². The maximum absolute atomic E-state index is 11.9. The summed E-state index contributed by atoms with van der Waals surface area (Å²) >= 11 is 0. The summed E-state index contributed by atoms with van der Waals surface area (Å²) in [7, 11) is 6.65. The number of hydrogen-bond donors (Lipinski definition) is 2. The molecule has 150 valence electrons. The molecule has 0 unspecified atom stereocenters. The molecule has 0 bridgehead atoms. The molecule has 0 atom stereocenters. The summed E-state index contributed by atoms with van der Waals surface area (Å²) in [6, 6.07) is 7.56. The van der Waals surface area contributed by atoms with Crippen molar-refractivity contribution in [2.24, 2.45) is 4.99 Å². The average molecular weight is 377 g/mol. The molecule has 0 aliphatic rings. The SMILES string of the molecule is CN=C(NCCCCCCC(=O)OC)NCc1ccc(C(=O)N(C)C)cc1. The lowest BCUT2D eigenvalue weighted by atomic mass is 10.1. The van der Waals surface area contributed by atoms with Gasteiger partial charge in [0.25, 0.3) is 5.91 Å². The molecule has 0 aliphatic carbocycles. The summed E-state index contributed by atoms with van der Waals surface area (Å²) in [6.45, 7) is 1.46. The number of amides is 1. The van der Waals surface area contributed by atoms with Crippen LogP contribution >= 0.6 is 0 Å². The summed E-state index contributed by atoms with van der Waals surface area (Å²) in [6.07, 6.45) is 4.45. The van der Waals surface area contributed by atoms with E-state index in [0.717, 1.165) is 43.8 Å². The van der Waals surface area contributed by atoms with Crippen molar-refractivity contribution in [2.75, 3.05) is 34.8 Å². The zero-order valence-corrected chi connectivity index (χ0v) is 16.9. The van der Waals surface area contributed by atoms with Gasteiger partial charge in [0.15, 0.2) is 5.96 Å². The van der Waals surface area contributed by atoms with Crippen LogP contribution in [0.1, 0.15) is 48.0 Å². The second-order valence-corrected chi connectivity index (χ2v) is 6.49. The molecule has 0 spiro atoms. The van der Waals surface area contributed by atoms with Crippen LogP contribution in [0.25, 0.3) is 0 Å². The lowest BCUT2D eigenvalue weighted by Gasteiger charge is -2.13. The minimum absolute atomic E-state index is 0.00132.